The van der Waals surface area contributed by atoms with Crippen molar-refractivity contribution >= 4 is 30.8 Å². The summed E-state index contributed by atoms with van der Waals surface area (Å²) in [6.45, 7) is 4.21. The van der Waals surface area contributed by atoms with Gasteiger partial charge in [0.25, 0.3) is 0 Å². The number of hydrogen-bond donors (Lipinski definition) is 1. The zero-order valence-corrected chi connectivity index (χ0v) is 16.4. The van der Waals surface area contributed by atoms with Gasteiger partial charge in [-0.1, -0.05) is 13.0 Å². The van der Waals surface area contributed by atoms with Gasteiger partial charge in [0.15, 0.2) is 0 Å². The van der Waals surface area contributed by atoms with Gasteiger partial charge in [0.2, 0.25) is 0 Å². The third kappa shape index (κ3) is 7.36. The number of carbonyl (C=O) groups is 1. The van der Waals surface area contributed by atoms with E-state index in [9.17, 15) is 18.0 Å². The van der Waals surface area contributed by atoms with Crippen LogP contribution in [-0.4, -0.2) is 17.5 Å². The minimum absolute atomic E-state index is 0. The van der Waals surface area contributed by atoms with Crippen molar-refractivity contribution in [3.05, 3.63) is 53.3 Å². The standard InChI is InChI=1S/C18H19F3N2O2.2ClH/c1-3-22-9-15-7-16(18(19,20)21)4-5-17(15)14-6-13(8-23-10-14)11-25-12(2)24;;/h4-8,10,22H,3,9,11H2,1-2H3;2*1H. The molecule has 0 amide bonds. The highest BCUT2D eigenvalue weighted by Crippen LogP contribution is 2.33. The number of pyridine rings is 1. The van der Waals surface area contributed by atoms with E-state index in [2.05, 4.69) is 10.3 Å². The fraction of sp³-hybridized carbons (Fsp3) is 0.333. The van der Waals surface area contributed by atoms with Crippen molar-refractivity contribution in [3.63, 3.8) is 0 Å². The van der Waals surface area contributed by atoms with Crippen molar-refractivity contribution in [1.29, 1.82) is 0 Å². The van der Waals surface area contributed by atoms with Gasteiger partial charge in [-0.15, -0.1) is 24.8 Å². The quantitative estimate of drug-likeness (QED) is 0.677. The number of nitrogens with zero attached hydrogens (tertiary/aromatic N) is 1. The molecule has 0 aliphatic heterocycles. The Balaban J connectivity index is 0.00000338. The SMILES string of the molecule is CCNCc1cc(C(F)(F)F)ccc1-c1cncc(COC(C)=O)c1.Cl.Cl. The molecule has 0 atom stereocenters. The average Bonchev–Trinajstić information content (AvgIpc) is 2.57. The van der Waals surface area contributed by atoms with Crippen LogP contribution in [0.2, 0.25) is 0 Å². The first-order valence-corrected chi connectivity index (χ1v) is 7.79. The molecule has 0 aliphatic rings. The first-order chi connectivity index (χ1) is 11.8. The second kappa shape index (κ2) is 11.1. The molecule has 0 unspecified atom stereocenters. The van der Waals surface area contributed by atoms with E-state index in [1.54, 1.807) is 18.5 Å². The second-order valence-electron chi connectivity index (χ2n) is 5.51. The van der Waals surface area contributed by atoms with Crippen LogP contribution in [0.5, 0.6) is 0 Å². The summed E-state index contributed by atoms with van der Waals surface area (Å²) in [7, 11) is 0. The van der Waals surface area contributed by atoms with Crippen LogP contribution in [0.1, 0.15) is 30.5 Å². The summed E-state index contributed by atoms with van der Waals surface area (Å²) >= 11 is 0. The Morgan fingerprint density at radius 2 is 1.89 bits per heavy atom. The summed E-state index contributed by atoms with van der Waals surface area (Å²) in [5.41, 5.74) is 1.84. The number of nitrogens with one attached hydrogen (secondary N) is 1. The minimum Gasteiger partial charge on any atom is -0.461 e. The molecule has 9 heteroatoms. The number of benzene rings is 1. The van der Waals surface area contributed by atoms with Gasteiger partial charge in [-0.25, -0.2) is 0 Å². The van der Waals surface area contributed by atoms with E-state index in [0.717, 1.165) is 12.1 Å². The molecular formula is C18H21Cl2F3N2O2. The van der Waals surface area contributed by atoms with E-state index >= 15 is 0 Å². The molecule has 4 nitrogen and oxygen atoms in total. The Hall–Kier alpha value is -1.83. The van der Waals surface area contributed by atoms with Gasteiger partial charge in [-0.3, -0.25) is 9.78 Å². The fourth-order valence-corrected chi connectivity index (χ4v) is 2.36. The third-order valence-corrected chi connectivity index (χ3v) is 3.55. The molecule has 0 fully saturated rings. The molecule has 0 saturated heterocycles. The molecule has 2 aromatic rings. The zero-order chi connectivity index (χ0) is 18.4. The van der Waals surface area contributed by atoms with Crippen molar-refractivity contribution in [3.8, 4) is 11.1 Å². The second-order valence-corrected chi connectivity index (χ2v) is 5.51. The lowest BCUT2D eigenvalue weighted by Crippen LogP contribution is -2.14. The van der Waals surface area contributed by atoms with E-state index in [1.165, 1.54) is 13.0 Å². The molecule has 27 heavy (non-hydrogen) atoms. The molecule has 2 rings (SSSR count). The summed E-state index contributed by atoms with van der Waals surface area (Å²) in [6.07, 6.45) is -1.26. The predicted octanol–water partition coefficient (Wildman–Crippen LogP) is 4.78. The van der Waals surface area contributed by atoms with E-state index in [4.69, 9.17) is 4.74 Å². The van der Waals surface area contributed by atoms with Crippen molar-refractivity contribution in [2.75, 3.05) is 6.54 Å². The highest BCUT2D eigenvalue weighted by atomic mass is 35.5. The first kappa shape index (κ1) is 25.2. The molecule has 1 heterocycles. The van der Waals surface area contributed by atoms with Crippen molar-refractivity contribution in [2.45, 2.75) is 33.2 Å². The third-order valence-electron chi connectivity index (χ3n) is 3.55. The van der Waals surface area contributed by atoms with E-state index in [0.29, 0.717) is 35.3 Å². The number of rotatable bonds is 6. The average molecular weight is 425 g/mol. The van der Waals surface area contributed by atoms with Crippen molar-refractivity contribution in [2.24, 2.45) is 0 Å². The number of carbonyl (C=O) groups excluding carboxylic acids is 1. The monoisotopic (exact) mass is 424 g/mol. The molecule has 0 saturated carbocycles. The van der Waals surface area contributed by atoms with E-state index < -0.39 is 17.7 Å². The smallest absolute Gasteiger partial charge is 0.416 e. The molecule has 0 aliphatic carbocycles. The fourth-order valence-electron chi connectivity index (χ4n) is 2.36. The van der Waals surface area contributed by atoms with Crippen LogP contribution in [0.25, 0.3) is 11.1 Å². The number of ether oxygens (including phenoxy) is 1. The van der Waals surface area contributed by atoms with Crippen LogP contribution in [-0.2, 0) is 28.9 Å². The van der Waals surface area contributed by atoms with Crippen LogP contribution in [0.15, 0.2) is 36.7 Å². The zero-order valence-electron chi connectivity index (χ0n) is 14.8. The van der Waals surface area contributed by atoms with E-state index in [-0.39, 0.29) is 31.4 Å². The van der Waals surface area contributed by atoms with Crippen LogP contribution in [0.4, 0.5) is 13.2 Å². The van der Waals surface area contributed by atoms with Gasteiger partial charge in [-0.2, -0.15) is 13.2 Å². The topological polar surface area (TPSA) is 51.2 Å². The summed E-state index contributed by atoms with van der Waals surface area (Å²) in [5, 5.41) is 3.05. The number of hydrogen-bond acceptors (Lipinski definition) is 4. The normalized spacial score (nSPS) is 10.6. The van der Waals surface area contributed by atoms with Gasteiger partial charge in [0, 0.05) is 37.0 Å². The van der Waals surface area contributed by atoms with Crippen LogP contribution in [0, 0.1) is 0 Å². The minimum atomic E-state index is -4.39. The number of halogens is 5. The molecule has 1 N–H and O–H groups in total. The molecule has 0 radical (unpaired) electrons. The number of alkyl halides is 3. The molecular weight excluding hydrogens is 404 g/mol. The molecule has 0 spiro atoms. The van der Waals surface area contributed by atoms with Crippen LogP contribution >= 0.6 is 24.8 Å². The Morgan fingerprint density at radius 3 is 2.48 bits per heavy atom. The lowest BCUT2D eigenvalue weighted by atomic mass is 9.97. The van der Waals surface area contributed by atoms with Gasteiger partial charge in [0.1, 0.15) is 6.61 Å². The van der Waals surface area contributed by atoms with Crippen molar-refractivity contribution in [1.82, 2.24) is 10.3 Å². The summed E-state index contributed by atoms with van der Waals surface area (Å²) in [5.74, 6) is -0.409. The number of aromatic nitrogens is 1. The largest absolute Gasteiger partial charge is 0.461 e. The molecule has 1 aromatic heterocycles. The van der Waals surface area contributed by atoms with Crippen molar-refractivity contribution < 1.29 is 22.7 Å². The lowest BCUT2D eigenvalue weighted by molar-refractivity contribution is -0.142. The maximum atomic E-state index is 13.0. The number of esters is 1. The Bertz CT molecular complexity index is 756. The Morgan fingerprint density at radius 1 is 1.19 bits per heavy atom. The first-order valence-electron chi connectivity index (χ1n) is 7.79. The molecule has 0 bridgehead atoms. The molecule has 150 valence electrons. The lowest BCUT2D eigenvalue weighted by Gasteiger charge is -2.15. The molecule has 1 aromatic carbocycles. The maximum absolute atomic E-state index is 13.0. The Labute approximate surface area is 168 Å². The van der Waals surface area contributed by atoms with E-state index in [1.807, 2.05) is 6.92 Å². The van der Waals surface area contributed by atoms with Gasteiger partial charge in [0.05, 0.1) is 5.56 Å². The van der Waals surface area contributed by atoms with Crippen LogP contribution < -0.4 is 5.32 Å². The summed E-state index contributed by atoms with van der Waals surface area (Å²) in [4.78, 5) is 15.0. The highest BCUT2D eigenvalue weighted by molar-refractivity contribution is 5.85. The Kier molecular flexibility index (Phi) is 10.4. The maximum Gasteiger partial charge on any atom is 0.416 e. The van der Waals surface area contributed by atoms with Gasteiger partial charge >= 0.3 is 12.1 Å². The summed E-state index contributed by atoms with van der Waals surface area (Å²) in [6, 6.07) is 5.41. The van der Waals surface area contributed by atoms with Crippen LogP contribution in [0.3, 0.4) is 0 Å². The van der Waals surface area contributed by atoms with Gasteiger partial charge < -0.3 is 10.1 Å². The predicted molar refractivity (Wildman–Crippen MR) is 102 cm³/mol. The summed E-state index contributed by atoms with van der Waals surface area (Å²) < 4.78 is 43.9. The highest BCUT2D eigenvalue weighted by Gasteiger charge is 2.31. The van der Waals surface area contributed by atoms with Gasteiger partial charge in [-0.05, 0) is 35.9 Å².